The number of benzene rings is 1. The highest BCUT2D eigenvalue weighted by molar-refractivity contribution is 7.99. The molecule has 0 N–H and O–H groups in total. The van der Waals surface area contributed by atoms with Crippen molar-refractivity contribution >= 4 is 33.2 Å². The van der Waals surface area contributed by atoms with E-state index < -0.39 is 0 Å². The Kier molecular flexibility index (Phi) is 4.45. The number of hydrogen-bond donors (Lipinski definition) is 0. The fourth-order valence-electron chi connectivity index (χ4n) is 3.31. The maximum Gasteiger partial charge on any atom is 0.280 e. The van der Waals surface area contributed by atoms with Gasteiger partial charge in [0.2, 0.25) is 0 Å². The molecular formula is C20H22N2O2S2. The third-order valence-electron chi connectivity index (χ3n) is 4.64. The van der Waals surface area contributed by atoms with Gasteiger partial charge in [-0.2, -0.15) is 9.78 Å². The fraction of sp³-hybridized carbons (Fsp3) is 0.400. The number of ether oxygens (including phenoxy) is 1. The van der Waals surface area contributed by atoms with E-state index in [1.165, 1.54) is 0 Å². The zero-order valence-electron chi connectivity index (χ0n) is 15.5. The van der Waals surface area contributed by atoms with Crippen LogP contribution in [-0.4, -0.2) is 21.1 Å². The molecule has 0 amide bonds. The summed E-state index contributed by atoms with van der Waals surface area (Å²) in [7, 11) is 0. The van der Waals surface area contributed by atoms with Gasteiger partial charge in [-0.25, -0.2) is 0 Å². The molecule has 2 aromatic heterocycles. The van der Waals surface area contributed by atoms with Gasteiger partial charge in [0.05, 0.1) is 28.0 Å². The SMILES string of the molecule is CCSc1nn(-c2ccc(C)cc2)c(=O)c2c3c(sc12)COC(C)(C)C3. The molecule has 0 unspecified atom stereocenters. The van der Waals surface area contributed by atoms with Crippen molar-refractivity contribution in [2.75, 3.05) is 5.75 Å². The zero-order chi connectivity index (χ0) is 18.5. The summed E-state index contributed by atoms with van der Waals surface area (Å²) < 4.78 is 8.54. The molecule has 0 atom stereocenters. The van der Waals surface area contributed by atoms with Gasteiger partial charge in [0.1, 0.15) is 5.03 Å². The van der Waals surface area contributed by atoms with Crippen LogP contribution < -0.4 is 5.56 Å². The van der Waals surface area contributed by atoms with Crippen LogP contribution in [-0.2, 0) is 17.8 Å². The Morgan fingerprint density at radius 1 is 1.31 bits per heavy atom. The molecule has 1 aliphatic rings. The molecule has 4 nitrogen and oxygen atoms in total. The third kappa shape index (κ3) is 3.00. The first kappa shape index (κ1) is 17.8. The zero-order valence-corrected chi connectivity index (χ0v) is 17.1. The Morgan fingerprint density at radius 2 is 2.04 bits per heavy atom. The van der Waals surface area contributed by atoms with Crippen LogP contribution in [0.15, 0.2) is 34.1 Å². The smallest absolute Gasteiger partial charge is 0.280 e. The lowest BCUT2D eigenvalue weighted by Gasteiger charge is -2.30. The van der Waals surface area contributed by atoms with Gasteiger partial charge in [-0.15, -0.1) is 23.1 Å². The lowest BCUT2D eigenvalue weighted by atomic mass is 9.94. The van der Waals surface area contributed by atoms with Crippen molar-refractivity contribution in [2.24, 2.45) is 0 Å². The van der Waals surface area contributed by atoms with E-state index in [2.05, 4.69) is 20.8 Å². The molecule has 3 aromatic rings. The number of fused-ring (bicyclic) bond motifs is 3. The number of aryl methyl sites for hydroxylation is 1. The van der Waals surface area contributed by atoms with E-state index in [0.29, 0.717) is 6.61 Å². The summed E-state index contributed by atoms with van der Waals surface area (Å²) in [6.45, 7) is 8.89. The van der Waals surface area contributed by atoms with Crippen LogP contribution in [0.2, 0.25) is 0 Å². The van der Waals surface area contributed by atoms with Gasteiger partial charge in [0.15, 0.2) is 0 Å². The van der Waals surface area contributed by atoms with Gasteiger partial charge >= 0.3 is 0 Å². The molecule has 136 valence electrons. The van der Waals surface area contributed by atoms with Crippen LogP contribution in [0.5, 0.6) is 0 Å². The number of nitrogens with zero attached hydrogens (tertiary/aromatic N) is 2. The van der Waals surface area contributed by atoms with Crippen LogP contribution in [0.4, 0.5) is 0 Å². The average Bonchev–Trinajstić information content (AvgIpc) is 2.96. The number of thioether (sulfide) groups is 1. The normalized spacial score (nSPS) is 16.0. The minimum Gasteiger partial charge on any atom is -0.370 e. The van der Waals surface area contributed by atoms with Crippen LogP contribution in [0.3, 0.4) is 0 Å². The molecule has 0 aliphatic carbocycles. The highest BCUT2D eigenvalue weighted by atomic mass is 32.2. The van der Waals surface area contributed by atoms with Crippen molar-refractivity contribution in [3.05, 3.63) is 50.6 Å². The second-order valence-electron chi connectivity index (χ2n) is 7.22. The molecule has 1 aromatic carbocycles. The monoisotopic (exact) mass is 386 g/mol. The molecule has 0 saturated carbocycles. The lowest BCUT2D eigenvalue weighted by Crippen LogP contribution is -2.32. The summed E-state index contributed by atoms with van der Waals surface area (Å²) >= 11 is 3.35. The van der Waals surface area contributed by atoms with Crippen molar-refractivity contribution in [1.29, 1.82) is 0 Å². The minimum absolute atomic E-state index is 0.0282. The molecule has 0 radical (unpaired) electrons. The van der Waals surface area contributed by atoms with Gasteiger partial charge < -0.3 is 4.74 Å². The first-order valence-electron chi connectivity index (χ1n) is 8.81. The highest BCUT2D eigenvalue weighted by Crippen LogP contribution is 2.40. The molecule has 4 rings (SSSR count). The highest BCUT2D eigenvalue weighted by Gasteiger charge is 2.31. The largest absolute Gasteiger partial charge is 0.370 e. The van der Waals surface area contributed by atoms with Gasteiger partial charge in [0, 0.05) is 11.3 Å². The summed E-state index contributed by atoms with van der Waals surface area (Å²) in [5.41, 5.74) is 2.85. The van der Waals surface area contributed by atoms with Crippen LogP contribution in [0.1, 0.15) is 36.8 Å². The summed E-state index contributed by atoms with van der Waals surface area (Å²) in [4.78, 5) is 14.5. The maximum absolute atomic E-state index is 13.4. The first-order valence-corrected chi connectivity index (χ1v) is 10.6. The third-order valence-corrected chi connectivity index (χ3v) is 6.83. The lowest BCUT2D eigenvalue weighted by molar-refractivity contribution is -0.0379. The number of aromatic nitrogens is 2. The topological polar surface area (TPSA) is 44.1 Å². The van der Waals surface area contributed by atoms with Gasteiger partial charge in [-0.1, -0.05) is 24.6 Å². The number of thiophene rings is 1. The maximum atomic E-state index is 13.4. The van der Waals surface area contributed by atoms with E-state index in [1.807, 2.05) is 31.2 Å². The Hall–Kier alpha value is -1.63. The Labute approximate surface area is 161 Å². The summed E-state index contributed by atoms with van der Waals surface area (Å²) in [6.07, 6.45) is 0.756. The molecule has 0 bridgehead atoms. The molecule has 1 aliphatic heterocycles. The Morgan fingerprint density at radius 3 is 2.73 bits per heavy atom. The van der Waals surface area contributed by atoms with E-state index in [9.17, 15) is 4.79 Å². The van der Waals surface area contributed by atoms with Crippen molar-refractivity contribution in [1.82, 2.24) is 9.78 Å². The van der Waals surface area contributed by atoms with Crippen LogP contribution in [0.25, 0.3) is 15.8 Å². The molecule has 0 spiro atoms. The van der Waals surface area contributed by atoms with E-state index in [1.54, 1.807) is 27.8 Å². The summed E-state index contributed by atoms with van der Waals surface area (Å²) in [6, 6.07) is 7.95. The first-order chi connectivity index (χ1) is 12.4. The van der Waals surface area contributed by atoms with E-state index in [4.69, 9.17) is 9.84 Å². The van der Waals surface area contributed by atoms with Gasteiger partial charge in [0.25, 0.3) is 5.56 Å². The molecule has 0 fully saturated rings. The minimum atomic E-state index is -0.247. The summed E-state index contributed by atoms with van der Waals surface area (Å²) in [5.74, 6) is 0.915. The van der Waals surface area contributed by atoms with E-state index >= 15 is 0 Å². The number of hydrogen-bond acceptors (Lipinski definition) is 5. The van der Waals surface area contributed by atoms with Crippen molar-refractivity contribution in [3.63, 3.8) is 0 Å². The van der Waals surface area contributed by atoms with E-state index in [-0.39, 0.29) is 11.2 Å². The second-order valence-corrected chi connectivity index (χ2v) is 9.58. The van der Waals surface area contributed by atoms with Crippen LogP contribution >= 0.6 is 23.1 Å². The van der Waals surface area contributed by atoms with Gasteiger partial charge in [-0.3, -0.25) is 4.79 Å². The standard InChI is InChI=1S/C20H22N2O2S2/c1-5-25-18-17-16(14-10-20(3,4)24-11-15(14)26-17)19(23)22(21-18)13-8-6-12(2)7-9-13/h6-9H,5,10-11H2,1-4H3. The Balaban J connectivity index is 2.01. The van der Waals surface area contributed by atoms with Crippen molar-refractivity contribution < 1.29 is 4.74 Å². The molecular weight excluding hydrogens is 364 g/mol. The number of rotatable bonds is 3. The average molecular weight is 387 g/mol. The van der Waals surface area contributed by atoms with E-state index in [0.717, 1.165) is 49.0 Å². The molecule has 3 heterocycles. The van der Waals surface area contributed by atoms with Crippen LogP contribution in [0, 0.1) is 6.92 Å². The second kappa shape index (κ2) is 6.51. The predicted octanol–water partition coefficient (Wildman–Crippen LogP) is 4.72. The predicted molar refractivity (Wildman–Crippen MR) is 109 cm³/mol. The Bertz CT molecular complexity index is 1030. The van der Waals surface area contributed by atoms with Crippen molar-refractivity contribution in [3.8, 4) is 5.69 Å². The fourth-order valence-corrected chi connectivity index (χ4v) is 5.36. The van der Waals surface area contributed by atoms with Crippen molar-refractivity contribution in [2.45, 2.75) is 51.3 Å². The molecule has 0 saturated heterocycles. The molecule has 6 heteroatoms. The molecule has 26 heavy (non-hydrogen) atoms. The quantitative estimate of drug-likeness (QED) is 0.611. The summed E-state index contributed by atoms with van der Waals surface area (Å²) in [5, 5.41) is 6.46. The van der Waals surface area contributed by atoms with Gasteiger partial charge in [-0.05, 0) is 44.2 Å².